The fraction of sp³-hybridized carbons (Fsp3) is 0.273. The van der Waals surface area contributed by atoms with Crippen LogP contribution >= 0.6 is 0 Å². The van der Waals surface area contributed by atoms with Gasteiger partial charge in [0.25, 0.3) is 5.91 Å². The molecule has 1 unspecified atom stereocenters. The number of urea groups is 1. The highest BCUT2D eigenvalue weighted by Gasteiger charge is 2.38. The van der Waals surface area contributed by atoms with E-state index >= 15 is 0 Å². The van der Waals surface area contributed by atoms with Crippen LogP contribution < -0.4 is 5.32 Å². The van der Waals surface area contributed by atoms with Gasteiger partial charge in [0, 0.05) is 6.42 Å². The number of nitrogens with one attached hydrogen (secondary N) is 1. The lowest BCUT2D eigenvalue weighted by atomic mass is 10.1. The third-order valence-electron chi connectivity index (χ3n) is 2.45. The van der Waals surface area contributed by atoms with Gasteiger partial charge in [0.1, 0.15) is 6.04 Å². The van der Waals surface area contributed by atoms with E-state index in [-0.39, 0.29) is 5.91 Å². The Balaban J connectivity index is 2.08. The van der Waals surface area contributed by atoms with Gasteiger partial charge >= 0.3 is 6.03 Å². The number of benzene rings is 1. The molecule has 1 aromatic carbocycles. The molecule has 5 heteroatoms. The van der Waals surface area contributed by atoms with Crippen LogP contribution in [0, 0.1) is 0 Å². The lowest BCUT2D eigenvalue weighted by molar-refractivity contribution is -0.156. The third kappa shape index (κ3) is 1.90. The molecule has 0 aromatic heterocycles. The summed E-state index contributed by atoms with van der Waals surface area (Å²) >= 11 is 0. The van der Waals surface area contributed by atoms with Crippen LogP contribution in [0.15, 0.2) is 30.3 Å². The Bertz CT molecular complexity index is 405. The molecule has 1 heterocycles. The van der Waals surface area contributed by atoms with E-state index < -0.39 is 12.1 Å². The van der Waals surface area contributed by atoms with Crippen molar-refractivity contribution in [3.8, 4) is 0 Å². The number of amides is 3. The zero-order valence-corrected chi connectivity index (χ0v) is 8.84. The molecule has 1 fully saturated rings. The van der Waals surface area contributed by atoms with Crippen LogP contribution in [0.5, 0.6) is 0 Å². The largest absolute Gasteiger partial charge is 0.349 e. The van der Waals surface area contributed by atoms with E-state index in [4.69, 9.17) is 0 Å². The number of imide groups is 1. The summed E-state index contributed by atoms with van der Waals surface area (Å²) in [5, 5.41) is 3.31. The van der Waals surface area contributed by atoms with E-state index in [9.17, 15) is 9.59 Å². The standard InChI is InChI=1S/C11H12N2O3/c1-16-13-10(14)9(12-11(13)15)7-8-5-3-2-4-6-8/h2-6,9H,7H2,1H3,(H,12,15). The Morgan fingerprint density at radius 2 is 2.00 bits per heavy atom. The average Bonchev–Trinajstić information content (AvgIpc) is 2.55. The summed E-state index contributed by atoms with van der Waals surface area (Å²) < 4.78 is 0. The highest BCUT2D eigenvalue weighted by molar-refractivity contribution is 6.03. The van der Waals surface area contributed by atoms with Gasteiger partial charge in [0.05, 0.1) is 7.11 Å². The molecular formula is C11H12N2O3. The second kappa shape index (κ2) is 4.32. The van der Waals surface area contributed by atoms with Crippen LogP contribution in [0.3, 0.4) is 0 Å². The smallest absolute Gasteiger partial charge is 0.324 e. The molecule has 1 atom stereocenters. The van der Waals surface area contributed by atoms with E-state index in [0.29, 0.717) is 6.42 Å². The molecule has 1 N–H and O–H groups in total. The summed E-state index contributed by atoms with van der Waals surface area (Å²) in [5.74, 6) is -0.351. The molecule has 0 aliphatic carbocycles. The predicted octanol–water partition coefficient (Wildman–Crippen LogP) is 0.711. The van der Waals surface area contributed by atoms with E-state index in [1.54, 1.807) is 0 Å². The third-order valence-corrected chi connectivity index (χ3v) is 2.45. The Labute approximate surface area is 93.0 Å². The van der Waals surface area contributed by atoms with Crippen LogP contribution in [-0.4, -0.2) is 30.2 Å². The van der Waals surface area contributed by atoms with Crippen molar-refractivity contribution in [3.63, 3.8) is 0 Å². The lowest BCUT2D eigenvalue weighted by Crippen LogP contribution is -2.31. The molecule has 5 nitrogen and oxygen atoms in total. The molecule has 1 aliphatic rings. The van der Waals surface area contributed by atoms with Crippen molar-refractivity contribution in [1.82, 2.24) is 10.4 Å². The first-order valence-electron chi connectivity index (χ1n) is 4.95. The number of carbonyl (C=O) groups excluding carboxylic acids is 2. The van der Waals surface area contributed by atoms with E-state index in [0.717, 1.165) is 10.6 Å². The first kappa shape index (κ1) is 10.6. The summed E-state index contributed by atoms with van der Waals surface area (Å²) in [4.78, 5) is 27.6. The molecule has 0 radical (unpaired) electrons. The molecule has 0 spiro atoms. The zero-order chi connectivity index (χ0) is 11.5. The van der Waals surface area contributed by atoms with Crippen molar-refractivity contribution in [2.45, 2.75) is 12.5 Å². The van der Waals surface area contributed by atoms with Gasteiger partial charge in [-0.15, -0.1) is 5.06 Å². The highest BCUT2D eigenvalue weighted by Crippen LogP contribution is 2.11. The van der Waals surface area contributed by atoms with Gasteiger partial charge < -0.3 is 5.32 Å². The van der Waals surface area contributed by atoms with Gasteiger partial charge in [-0.2, -0.15) is 0 Å². The van der Waals surface area contributed by atoms with Crippen LogP contribution in [0.2, 0.25) is 0 Å². The Morgan fingerprint density at radius 1 is 1.31 bits per heavy atom. The molecule has 0 saturated carbocycles. The van der Waals surface area contributed by atoms with Crippen molar-refractivity contribution in [2.75, 3.05) is 7.11 Å². The summed E-state index contributed by atoms with van der Waals surface area (Å²) in [6.45, 7) is 0. The van der Waals surface area contributed by atoms with Gasteiger partial charge in [-0.25, -0.2) is 4.79 Å². The van der Waals surface area contributed by atoms with Crippen LogP contribution in [-0.2, 0) is 16.1 Å². The second-order valence-corrected chi connectivity index (χ2v) is 3.51. The first-order chi connectivity index (χ1) is 7.72. The maximum Gasteiger partial charge on any atom is 0.349 e. The van der Waals surface area contributed by atoms with Crippen LogP contribution in [0.4, 0.5) is 4.79 Å². The zero-order valence-electron chi connectivity index (χ0n) is 8.84. The number of hydroxylamine groups is 2. The summed E-state index contributed by atoms with van der Waals surface area (Å²) in [6.07, 6.45) is 0.477. The van der Waals surface area contributed by atoms with E-state index in [1.165, 1.54) is 7.11 Å². The lowest BCUT2D eigenvalue weighted by Gasteiger charge is -2.08. The first-order valence-corrected chi connectivity index (χ1v) is 4.95. The van der Waals surface area contributed by atoms with Gasteiger partial charge in [0.2, 0.25) is 0 Å². The maximum absolute atomic E-state index is 11.7. The normalized spacial score (nSPS) is 20.1. The number of nitrogens with zero attached hydrogens (tertiary/aromatic N) is 1. The van der Waals surface area contributed by atoms with Crippen LogP contribution in [0.25, 0.3) is 0 Å². The Morgan fingerprint density at radius 3 is 2.56 bits per heavy atom. The van der Waals surface area contributed by atoms with Gasteiger partial charge in [0.15, 0.2) is 0 Å². The summed E-state index contributed by atoms with van der Waals surface area (Å²) in [6, 6.07) is 8.47. The summed E-state index contributed by atoms with van der Waals surface area (Å²) in [5.41, 5.74) is 0.999. The number of hydrogen-bond donors (Lipinski definition) is 1. The minimum absolute atomic E-state index is 0.351. The Hall–Kier alpha value is -1.88. The van der Waals surface area contributed by atoms with Gasteiger partial charge in [-0.3, -0.25) is 9.63 Å². The molecule has 0 bridgehead atoms. The molecule has 2 rings (SSSR count). The van der Waals surface area contributed by atoms with Crippen LogP contribution in [0.1, 0.15) is 5.56 Å². The minimum atomic E-state index is -0.533. The molecule has 1 aromatic rings. The number of rotatable bonds is 3. The molecule has 16 heavy (non-hydrogen) atoms. The quantitative estimate of drug-likeness (QED) is 0.763. The molecule has 1 saturated heterocycles. The van der Waals surface area contributed by atoms with Crippen molar-refractivity contribution < 1.29 is 14.4 Å². The Kier molecular flexibility index (Phi) is 2.87. The molecular weight excluding hydrogens is 208 g/mol. The van der Waals surface area contributed by atoms with Crippen molar-refractivity contribution in [3.05, 3.63) is 35.9 Å². The number of hydrogen-bond acceptors (Lipinski definition) is 3. The molecule has 84 valence electrons. The molecule has 1 aliphatic heterocycles. The maximum atomic E-state index is 11.7. The monoisotopic (exact) mass is 220 g/mol. The van der Waals surface area contributed by atoms with E-state index in [2.05, 4.69) is 10.2 Å². The fourth-order valence-electron chi connectivity index (χ4n) is 1.67. The topological polar surface area (TPSA) is 58.6 Å². The minimum Gasteiger partial charge on any atom is -0.324 e. The highest BCUT2D eigenvalue weighted by atomic mass is 16.7. The SMILES string of the molecule is CON1C(=O)NC(Cc2ccccc2)C1=O. The number of carbonyl (C=O) groups is 2. The van der Waals surface area contributed by atoms with Gasteiger partial charge in [-0.1, -0.05) is 30.3 Å². The van der Waals surface area contributed by atoms with E-state index in [1.807, 2.05) is 30.3 Å². The summed E-state index contributed by atoms with van der Waals surface area (Å²) in [7, 11) is 1.29. The van der Waals surface area contributed by atoms with Crippen molar-refractivity contribution in [2.24, 2.45) is 0 Å². The van der Waals surface area contributed by atoms with Crippen molar-refractivity contribution in [1.29, 1.82) is 0 Å². The predicted molar refractivity (Wildman–Crippen MR) is 56.3 cm³/mol. The second-order valence-electron chi connectivity index (χ2n) is 3.51. The van der Waals surface area contributed by atoms with Gasteiger partial charge in [-0.05, 0) is 5.56 Å². The van der Waals surface area contributed by atoms with Crippen molar-refractivity contribution >= 4 is 11.9 Å². The molecule has 3 amide bonds. The average molecular weight is 220 g/mol. The fourth-order valence-corrected chi connectivity index (χ4v) is 1.67.